The lowest BCUT2D eigenvalue weighted by molar-refractivity contribution is 0.629. The van der Waals surface area contributed by atoms with E-state index in [1.807, 2.05) is 13.8 Å². The van der Waals surface area contributed by atoms with E-state index in [1.165, 1.54) is 12.1 Å². The van der Waals surface area contributed by atoms with Crippen LogP contribution in [0.25, 0.3) is 10.9 Å². The number of nitriles is 1. The van der Waals surface area contributed by atoms with Crippen molar-refractivity contribution >= 4 is 10.9 Å². The Kier molecular flexibility index (Phi) is 2.57. The van der Waals surface area contributed by atoms with Crippen LogP contribution < -0.4 is 0 Å². The molecule has 1 aromatic carbocycles. The number of nitrogens with zero attached hydrogens (tertiary/aromatic N) is 2. The molecule has 0 radical (unpaired) electrons. The summed E-state index contributed by atoms with van der Waals surface area (Å²) in [5, 5.41) is 9.61. The zero-order valence-corrected chi connectivity index (χ0v) is 9.16. The van der Waals surface area contributed by atoms with Gasteiger partial charge in [0.1, 0.15) is 5.82 Å². The zero-order chi connectivity index (χ0) is 11.7. The molecule has 0 spiro atoms. The highest BCUT2D eigenvalue weighted by molar-refractivity contribution is 5.84. The maximum Gasteiger partial charge on any atom is 0.124 e. The van der Waals surface area contributed by atoms with Crippen molar-refractivity contribution in [2.45, 2.75) is 19.8 Å². The average Bonchev–Trinajstić information content (AvgIpc) is 2.27. The highest BCUT2D eigenvalue weighted by atomic mass is 19.1. The highest BCUT2D eigenvalue weighted by Gasteiger charge is 2.08. The summed E-state index contributed by atoms with van der Waals surface area (Å²) in [5.41, 5.74) is 2.01. The van der Waals surface area contributed by atoms with Crippen LogP contribution in [-0.2, 0) is 0 Å². The molecule has 0 aliphatic carbocycles. The molecule has 0 aliphatic heterocycles. The molecule has 0 saturated heterocycles. The van der Waals surface area contributed by atoms with Crippen molar-refractivity contribution in [3.8, 4) is 6.07 Å². The van der Waals surface area contributed by atoms with Crippen LogP contribution in [0.4, 0.5) is 4.39 Å². The van der Waals surface area contributed by atoms with Gasteiger partial charge in [-0.05, 0) is 30.2 Å². The fraction of sp³-hybridized carbons (Fsp3) is 0.231. The summed E-state index contributed by atoms with van der Waals surface area (Å²) in [6, 6.07) is 8.14. The Morgan fingerprint density at radius 3 is 2.69 bits per heavy atom. The second-order valence-electron chi connectivity index (χ2n) is 4.02. The van der Waals surface area contributed by atoms with Crippen molar-refractivity contribution in [1.82, 2.24) is 4.98 Å². The molecule has 0 fully saturated rings. The molecule has 0 saturated carbocycles. The number of aromatic nitrogens is 1. The minimum Gasteiger partial charge on any atom is -0.252 e. The molecule has 80 valence electrons. The van der Waals surface area contributed by atoms with Crippen LogP contribution in [0.2, 0.25) is 0 Å². The summed E-state index contributed by atoms with van der Waals surface area (Å²) >= 11 is 0. The Balaban J connectivity index is 2.80. The Bertz CT molecular complexity index is 582. The van der Waals surface area contributed by atoms with Gasteiger partial charge in [0.15, 0.2) is 0 Å². The van der Waals surface area contributed by atoms with E-state index in [1.54, 1.807) is 12.1 Å². The van der Waals surface area contributed by atoms with E-state index in [0.717, 1.165) is 5.69 Å². The summed E-state index contributed by atoms with van der Waals surface area (Å²) < 4.78 is 13.1. The second-order valence-corrected chi connectivity index (χ2v) is 4.02. The van der Waals surface area contributed by atoms with Gasteiger partial charge in [0.2, 0.25) is 0 Å². The number of benzene rings is 1. The van der Waals surface area contributed by atoms with Crippen molar-refractivity contribution in [3.05, 3.63) is 41.3 Å². The normalized spacial score (nSPS) is 10.7. The lowest BCUT2D eigenvalue weighted by Crippen LogP contribution is -1.95. The van der Waals surface area contributed by atoms with Crippen molar-refractivity contribution in [2.24, 2.45) is 0 Å². The van der Waals surface area contributed by atoms with Crippen LogP contribution in [0.1, 0.15) is 31.0 Å². The molecule has 2 rings (SSSR count). The number of pyridine rings is 1. The number of fused-ring (bicyclic) bond motifs is 1. The molecule has 0 aliphatic rings. The van der Waals surface area contributed by atoms with E-state index in [-0.39, 0.29) is 11.7 Å². The molecule has 2 aromatic rings. The molecule has 0 unspecified atom stereocenters. The Morgan fingerprint density at radius 1 is 1.31 bits per heavy atom. The maximum atomic E-state index is 13.1. The molecule has 0 bridgehead atoms. The largest absolute Gasteiger partial charge is 0.252 e. The van der Waals surface area contributed by atoms with Gasteiger partial charge in [-0.25, -0.2) is 4.39 Å². The van der Waals surface area contributed by atoms with Crippen LogP contribution in [0.15, 0.2) is 24.3 Å². The third kappa shape index (κ3) is 1.74. The fourth-order valence-corrected chi connectivity index (χ4v) is 1.61. The van der Waals surface area contributed by atoms with Gasteiger partial charge in [0, 0.05) is 11.1 Å². The smallest absolute Gasteiger partial charge is 0.124 e. The summed E-state index contributed by atoms with van der Waals surface area (Å²) in [5.74, 6) is -0.0929. The van der Waals surface area contributed by atoms with Gasteiger partial charge >= 0.3 is 0 Å². The molecule has 16 heavy (non-hydrogen) atoms. The van der Waals surface area contributed by atoms with Crippen molar-refractivity contribution < 1.29 is 4.39 Å². The first-order chi connectivity index (χ1) is 7.61. The SMILES string of the molecule is CC(C)c1cc(C#N)c2cc(F)ccc2n1. The van der Waals surface area contributed by atoms with Crippen molar-refractivity contribution in [1.29, 1.82) is 5.26 Å². The van der Waals surface area contributed by atoms with E-state index >= 15 is 0 Å². The van der Waals surface area contributed by atoms with E-state index in [2.05, 4.69) is 11.1 Å². The topological polar surface area (TPSA) is 36.7 Å². The fourth-order valence-electron chi connectivity index (χ4n) is 1.61. The summed E-state index contributed by atoms with van der Waals surface area (Å²) in [6.45, 7) is 4.03. The van der Waals surface area contributed by atoms with Gasteiger partial charge < -0.3 is 0 Å². The lowest BCUT2D eigenvalue weighted by atomic mass is 10.0. The summed E-state index contributed by atoms with van der Waals surface area (Å²) in [4.78, 5) is 4.41. The number of halogens is 1. The number of hydrogen-bond acceptors (Lipinski definition) is 2. The Hall–Kier alpha value is -1.95. The van der Waals surface area contributed by atoms with Gasteiger partial charge in [-0.1, -0.05) is 13.8 Å². The van der Waals surface area contributed by atoms with Crippen LogP contribution >= 0.6 is 0 Å². The molecule has 1 heterocycles. The second kappa shape index (κ2) is 3.90. The Morgan fingerprint density at radius 2 is 2.06 bits per heavy atom. The molecule has 3 heteroatoms. The van der Waals surface area contributed by atoms with Crippen molar-refractivity contribution in [2.75, 3.05) is 0 Å². The molecule has 0 atom stereocenters. The van der Waals surface area contributed by atoms with Crippen LogP contribution in [0.3, 0.4) is 0 Å². The van der Waals surface area contributed by atoms with Crippen LogP contribution in [0.5, 0.6) is 0 Å². The first-order valence-corrected chi connectivity index (χ1v) is 5.12. The Labute approximate surface area is 93.4 Å². The molecule has 1 aromatic heterocycles. The van der Waals surface area contributed by atoms with E-state index in [9.17, 15) is 4.39 Å². The molecule has 0 N–H and O–H groups in total. The van der Waals surface area contributed by atoms with Crippen molar-refractivity contribution in [3.63, 3.8) is 0 Å². The third-order valence-electron chi connectivity index (χ3n) is 2.50. The first-order valence-electron chi connectivity index (χ1n) is 5.12. The third-order valence-corrected chi connectivity index (χ3v) is 2.50. The molecule has 0 amide bonds. The standard InChI is InChI=1S/C13H11FN2/c1-8(2)13-5-9(7-15)11-6-10(14)3-4-12(11)16-13/h3-6,8H,1-2H3. The van der Waals surface area contributed by atoms with Crippen LogP contribution in [0, 0.1) is 17.1 Å². The quantitative estimate of drug-likeness (QED) is 0.729. The summed E-state index contributed by atoms with van der Waals surface area (Å²) in [7, 11) is 0. The minimum atomic E-state index is -0.344. The first kappa shape index (κ1) is 10.6. The molecule has 2 nitrogen and oxygen atoms in total. The van der Waals surface area contributed by atoms with Gasteiger partial charge in [0.25, 0.3) is 0 Å². The average molecular weight is 214 g/mol. The minimum absolute atomic E-state index is 0.251. The number of hydrogen-bond donors (Lipinski definition) is 0. The van der Waals surface area contributed by atoms with Gasteiger partial charge in [-0.2, -0.15) is 5.26 Å². The predicted octanol–water partition coefficient (Wildman–Crippen LogP) is 3.37. The van der Waals surface area contributed by atoms with Gasteiger partial charge in [0.05, 0.1) is 17.1 Å². The monoisotopic (exact) mass is 214 g/mol. The lowest BCUT2D eigenvalue weighted by Gasteiger charge is -2.07. The molecular weight excluding hydrogens is 203 g/mol. The van der Waals surface area contributed by atoms with Gasteiger partial charge in [-0.15, -0.1) is 0 Å². The molecular formula is C13H11FN2. The summed E-state index contributed by atoms with van der Waals surface area (Å²) in [6.07, 6.45) is 0. The van der Waals surface area contributed by atoms with Crippen LogP contribution in [-0.4, -0.2) is 4.98 Å². The highest BCUT2D eigenvalue weighted by Crippen LogP contribution is 2.22. The zero-order valence-electron chi connectivity index (χ0n) is 9.16. The predicted molar refractivity (Wildman–Crippen MR) is 60.5 cm³/mol. The van der Waals surface area contributed by atoms with E-state index in [4.69, 9.17) is 5.26 Å². The van der Waals surface area contributed by atoms with E-state index < -0.39 is 0 Å². The van der Waals surface area contributed by atoms with E-state index in [0.29, 0.717) is 16.5 Å². The van der Waals surface area contributed by atoms with Gasteiger partial charge in [-0.3, -0.25) is 4.98 Å². The maximum absolute atomic E-state index is 13.1. The number of rotatable bonds is 1.